The SMILES string of the molecule is Cc1ccc(Cl)c(C2CCNC2)c1.Cl. The molecule has 2 rings (SSSR count). The molecule has 0 spiro atoms. The minimum absolute atomic E-state index is 0. The van der Waals surface area contributed by atoms with Crippen LogP contribution < -0.4 is 5.32 Å². The van der Waals surface area contributed by atoms with Crippen LogP contribution in [0.2, 0.25) is 5.02 Å². The van der Waals surface area contributed by atoms with Crippen molar-refractivity contribution in [3.63, 3.8) is 0 Å². The Morgan fingerprint density at radius 1 is 1.43 bits per heavy atom. The largest absolute Gasteiger partial charge is 0.316 e. The lowest BCUT2D eigenvalue weighted by atomic mass is 9.97. The third-order valence-electron chi connectivity index (χ3n) is 2.65. The fraction of sp³-hybridized carbons (Fsp3) is 0.455. The van der Waals surface area contributed by atoms with Crippen molar-refractivity contribution in [1.82, 2.24) is 5.32 Å². The Bertz CT molecular complexity index is 306. The molecule has 0 radical (unpaired) electrons. The second kappa shape index (κ2) is 5.01. The molecule has 0 aromatic heterocycles. The van der Waals surface area contributed by atoms with E-state index in [4.69, 9.17) is 11.6 Å². The van der Waals surface area contributed by atoms with Crippen molar-refractivity contribution in [2.45, 2.75) is 19.3 Å². The summed E-state index contributed by atoms with van der Waals surface area (Å²) in [6.07, 6.45) is 1.21. The van der Waals surface area contributed by atoms with E-state index in [0.29, 0.717) is 5.92 Å². The quantitative estimate of drug-likeness (QED) is 0.784. The number of benzene rings is 1. The van der Waals surface area contributed by atoms with Gasteiger partial charge < -0.3 is 5.32 Å². The highest BCUT2D eigenvalue weighted by molar-refractivity contribution is 6.31. The first-order valence-corrected chi connectivity index (χ1v) is 5.12. The molecule has 14 heavy (non-hydrogen) atoms. The Morgan fingerprint density at radius 3 is 2.86 bits per heavy atom. The Kier molecular flexibility index (Phi) is 4.24. The molecule has 1 aromatic carbocycles. The average molecular weight is 232 g/mol. The number of aryl methyl sites for hydroxylation is 1. The van der Waals surface area contributed by atoms with Crippen LogP contribution in [0.1, 0.15) is 23.5 Å². The van der Waals surface area contributed by atoms with Crippen molar-refractivity contribution in [2.24, 2.45) is 0 Å². The molecule has 1 heterocycles. The van der Waals surface area contributed by atoms with Gasteiger partial charge in [-0.15, -0.1) is 12.4 Å². The van der Waals surface area contributed by atoms with Gasteiger partial charge in [0.2, 0.25) is 0 Å². The van der Waals surface area contributed by atoms with E-state index in [1.165, 1.54) is 17.5 Å². The van der Waals surface area contributed by atoms with Gasteiger partial charge in [0, 0.05) is 11.6 Å². The highest BCUT2D eigenvalue weighted by Gasteiger charge is 2.18. The summed E-state index contributed by atoms with van der Waals surface area (Å²) in [5.41, 5.74) is 2.61. The summed E-state index contributed by atoms with van der Waals surface area (Å²) in [6, 6.07) is 6.28. The molecule has 3 heteroatoms. The molecular weight excluding hydrogens is 217 g/mol. The number of hydrogen-bond donors (Lipinski definition) is 1. The molecule has 1 aromatic rings. The Morgan fingerprint density at radius 2 is 2.21 bits per heavy atom. The molecule has 1 fully saturated rings. The first kappa shape index (κ1) is 11.8. The first-order valence-electron chi connectivity index (χ1n) is 4.74. The van der Waals surface area contributed by atoms with Crippen molar-refractivity contribution >= 4 is 24.0 Å². The van der Waals surface area contributed by atoms with E-state index in [0.717, 1.165) is 18.1 Å². The lowest BCUT2D eigenvalue weighted by molar-refractivity contribution is 0.763. The van der Waals surface area contributed by atoms with Gasteiger partial charge in [-0.05, 0) is 37.4 Å². The number of hydrogen-bond acceptors (Lipinski definition) is 1. The molecule has 0 amide bonds. The molecule has 0 aliphatic carbocycles. The zero-order valence-corrected chi connectivity index (χ0v) is 9.79. The van der Waals surface area contributed by atoms with Crippen molar-refractivity contribution in [1.29, 1.82) is 0 Å². The maximum atomic E-state index is 6.15. The van der Waals surface area contributed by atoms with Gasteiger partial charge in [0.1, 0.15) is 0 Å². The molecule has 1 atom stereocenters. The van der Waals surface area contributed by atoms with Gasteiger partial charge >= 0.3 is 0 Å². The Labute approximate surface area is 96.3 Å². The van der Waals surface area contributed by atoms with E-state index in [1.54, 1.807) is 0 Å². The van der Waals surface area contributed by atoms with Gasteiger partial charge in [-0.1, -0.05) is 29.3 Å². The predicted molar refractivity (Wildman–Crippen MR) is 63.7 cm³/mol. The molecule has 1 nitrogen and oxygen atoms in total. The minimum atomic E-state index is 0. The molecule has 0 bridgehead atoms. The van der Waals surface area contributed by atoms with Crippen LogP contribution in [0.25, 0.3) is 0 Å². The van der Waals surface area contributed by atoms with E-state index in [9.17, 15) is 0 Å². The summed E-state index contributed by atoms with van der Waals surface area (Å²) in [6.45, 7) is 4.31. The molecule has 0 saturated carbocycles. The van der Waals surface area contributed by atoms with Crippen LogP contribution in [0.15, 0.2) is 18.2 Å². The highest BCUT2D eigenvalue weighted by atomic mass is 35.5. The molecule has 1 saturated heterocycles. The topological polar surface area (TPSA) is 12.0 Å². The first-order chi connectivity index (χ1) is 6.27. The fourth-order valence-corrected chi connectivity index (χ4v) is 2.17. The van der Waals surface area contributed by atoms with Gasteiger partial charge in [-0.3, -0.25) is 0 Å². The molecular formula is C11H15Cl2N. The van der Waals surface area contributed by atoms with E-state index in [2.05, 4.69) is 24.4 Å². The molecule has 78 valence electrons. The summed E-state index contributed by atoms with van der Waals surface area (Å²) in [4.78, 5) is 0. The van der Waals surface area contributed by atoms with E-state index < -0.39 is 0 Å². The van der Waals surface area contributed by atoms with Crippen LogP contribution in [-0.4, -0.2) is 13.1 Å². The molecule has 1 unspecified atom stereocenters. The average Bonchev–Trinajstić information content (AvgIpc) is 2.61. The zero-order valence-electron chi connectivity index (χ0n) is 8.22. The van der Waals surface area contributed by atoms with Gasteiger partial charge in [0.05, 0.1) is 0 Å². The predicted octanol–water partition coefficient (Wildman–Crippen LogP) is 3.15. The summed E-state index contributed by atoms with van der Waals surface area (Å²) in [7, 11) is 0. The number of rotatable bonds is 1. The molecule has 1 aliphatic heterocycles. The highest BCUT2D eigenvalue weighted by Crippen LogP contribution is 2.29. The van der Waals surface area contributed by atoms with Crippen LogP contribution in [-0.2, 0) is 0 Å². The normalized spacial score (nSPS) is 20.6. The van der Waals surface area contributed by atoms with E-state index >= 15 is 0 Å². The number of halogens is 2. The summed E-state index contributed by atoms with van der Waals surface area (Å²) in [5, 5.41) is 4.27. The summed E-state index contributed by atoms with van der Waals surface area (Å²) >= 11 is 6.15. The third kappa shape index (κ3) is 2.41. The van der Waals surface area contributed by atoms with E-state index in [1.807, 2.05) is 6.07 Å². The van der Waals surface area contributed by atoms with Crippen molar-refractivity contribution in [3.8, 4) is 0 Å². The third-order valence-corrected chi connectivity index (χ3v) is 3.00. The van der Waals surface area contributed by atoms with Gasteiger partial charge in [0.25, 0.3) is 0 Å². The lowest BCUT2D eigenvalue weighted by Crippen LogP contribution is -2.08. The Balaban J connectivity index is 0.000000980. The van der Waals surface area contributed by atoms with Crippen LogP contribution in [0, 0.1) is 6.92 Å². The lowest BCUT2D eigenvalue weighted by Gasteiger charge is -2.11. The summed E-state index contributed by atoms with van der Waals surface area (Å²) < 4.78 is 0. The maximum absolute atomic E-state index is 6.15. The smallest absolute Gasteiger partial charge is 0.0441 e. The Hall–Kier alpha value is -0.240. The van der Waals surface area contributed by atoms with Crippen molar-refractivity contribution < 1.29 is 0 Å². The monoisotopic (exact) mass is 231 g/mol. The van der Waals surface area contributed by atoms with Crippen LogP contribution in [0.3, 0.4) is 0 Å². The molecule has 1 aliphatic rings. The van der Waals surface area contributed by atoms with Crippen molar-refractivity contribution in [3.05, 3.63) is 34.3 Å². The van der Waals surface area contributed by atoms with E-state index in [-0.39, 0.29) is 12.4 Å². The van der Waals surface area contributed by atoms with Gasteiger partial charge in [-0.25, -0.2) is 0 Å². The summed E-state index contributed by atoms with van der Waals surface area (Å²) in [5.74, 6) is 0.618. The van der Waals surface area contributed by atoms with Crippen LogP contribution in [0.5, 0.6) is 0 Å². The van der Waals surface area contributed by atoms with Crippen molar-refractivity contribution in [2.75, 3.05) is 13.1 Å². The van der Waals surface area contributed by atoms with Gasteiger partial charge in [0.15, 0.2) is 0 Å². The van der Waals surface area contributed by atoms with Crippen LogP contribution in [0.4, 0.5) is 0 Å². The van der Waals surface area contributed by atoms with Crippen LogP contribution >= 0.6 is 24.0 Å². The second-order valence-electron chi connectivity index (χ2n) is 3.71. The molecule has 1 N–H and O–H groups in total. The minimum Gasteiger partial charge on any atom is -0.316 e. The van der Waals surface area contributed by atoms with Gasteiger partial charge in [-0.2, -0.15) is 0 Å². The fourth-order valence-electron chi connectivity index (χ4n) is 1.90. The second-order valence-corrected chi connectivity index (χ2v) is 4.12. The standard InChI is InChI=1S/C11H14ClN.ClH/c1-8-2-3-11(12)10(6-8)9-4-5-13-7-9;/h2-3,6,9,13H,4-5,7H2,1H3;1H. The maximum Gasteiger partial charge on any atom is 0.0441 e. The number of nitrogens with one attached hydrogen (secondary N) is 1. The zero-order chi connectivity index (χ0) is 9.26.